The molecule has 0 unspecified atom stereocenters. The van der Waals surface area contributed by atoms with Gasteiger partial charge in [0.15, 0.2) is 0 Å². The van der Waals surface area contributed by atoms with Gasteiger partial charge in [-0.05, 0) is 0 Å². The van der Waals surface area contributed by atoms with Crippen molar-refractivity contribution in [2.45, 2.75) is 5.03 Å². The summed E-state index contributed by atoms with van der Waals surface area (Å²) in [4.78, 5) is 0. The molecule has 8 heavy (non-hydrogen) atoms. The Morgan fingerprint density at radius 3 is 2.62 bits per heavy atom. The van der Waals surface area contributed by atoms with Crippen LogP contribution >= 0.6 is 0 Å². The van der Waals surface area contributed by atoms with Crippen LogP contribution < -0.4 is 4.68 Å². The largest absolute Gasteiger partial charge is 0.732 e. The summed E-state index contributed by atoms with van der Waals surface area (Å²) in [6.07, 6.45) is 1.79. The lowest BCUT2D eigenvalue weighted by atomic mass is 10.9. The molecule has 0 amide bonds. The van der Waals surface area contributed by atoms with Crippen molar-refractivity contribution in [3.8, 4) is 0 Å². The predicted octanol–water partition coefficient (Wildman–Crippen LogP) is -0.850. The lowest BCUT2D eigenvalue weighted by molar-refractivity contribution is -0.732. The highest BCUT2D eigenvalue weighted by Crippen LogP contribution is 1.84. The number of nitrogens with zero attached hydrogens (tertiary/aromatic N) is 3. The molecule has 0 N–H and O–H groups in total. The molecule has 1 heterocycles. The Morgan fingerprint density at radius 2 is 2.50 bits per heavy atom. The molecule has 1 rings (SSSR count). The maximum atomic E-state index is 4.85. The van der Waals surface area contributed by atoms with Gasteiger partial charge >= 0.3 is 0 Å². The quantitative estimate of drug-likeness (QED) is 0.336. The summed E-state index contributed by atoms with van der Waals surface area (Å²) in [7, 11) is 3.66. The average molecular weight is 129 g/mol. The van der Waals surface area contributed by atoms with Gasteiger partial charge in [-0.3, -0.25) is 0 Å². The minimum atomic E-state index is 0.757. The van der Waals surface area contributed by atoms with Crippen LogP contribution in [-0.2, 0) is 26.7 Å². The van der Waals surface area contributed by atoms with Crippen LogP contribution in [-0.4, -0.2) is 9.90 Å². The van der Waals surface area contributed by atoms with Crippen molar-refractivity contribution in [3.05, 3.63) is 6.20 Å². The molecule has 0 saturated heterocycles. The van der Waals surface area contributed by atoms with E-state index in [-0.39, 0.29) is 0 Å². The standard InChI is InChI=1S/C4H7N3S/c1-6-3-4(8)7(2)5-6/h3H,1-2H3. The second kappa shape index (κ2) is 1.70. The molecule has 1 aromatic heterocycles. The zero-order chi connectivity index (χ0) is 6.15. The van der Waals surface area contributed by atoms with E-state index < -0.39 is 0 Å². The first-order chi connectivity index (χ1) is 3.70. The molecule has 0 fully saturated rings. The first kappa shape index (κ1) is 5.50. The molecule has 44 valence electrons. The Balaban J connectivity index is 3.14. The summed E-state index contributed by atoms with van der Waals surface area (Å²) in [5.74, 6) is 0. The Hall–Kier alpha value is -0.640. The van der Waals surface area contributed by atoms with Gasteiger partial charge in [0.2, 0.25) is 0 Å². The maximum absolute atomic E-state index is 4.85. The molecule has 0 aromatic carbocycles. The molecular formula is C4H7N3S. The lowest BCUT2D eigenvalue weighted by Gasteiger charge is -1.89. The molecule has 0 spiro atoms. The molecule has 0 radical (unpaired) electrons. The van der Waals surface area contributed by atoms with Crippen molar-refractivity contribution in [1.29, 1.82) is 0 Å². The summed E-state index contributed by atoms with van der Waals surface area (Å²) in [5.41, 5.74) is 0. The monoisotopic (exact) mass is 129 g/mol. The number of aryl methyl sites for hydroxylation is 2. The molecule has 0 aliphatic carbocycles. The second-order valence-electron chi connectivity index (χ2n) is 1.65. The van der Waals surface area contributed by atoms with Crippen LogP contribution in [0.3, 0.4) is 0 Å². The molecule has 0 aliphatic rings. The maximum Gasteiger partial charge on any atom is 0.134 e. The van der Waals surface area contributed by atoms with Crippen molar-refractivity contribution in [3.63, 3.8) is 0 Å². The number of hydrogen-bond acceptors (Lipinski definition) is 2. The molecule has 0 aliphatic heterocycles. The van der Waals surface area contributed by atoms with E-state index >= 15 is 0 Å². The minimum absolute atomic E-state index is 0.757. The first-order valence-electron chi connectivity index (χ1n) is 2.27. The Morgan fingerprint density at radius 1 is 1.88 bits per heavy atom. The fourth-order valence-electron chi connectivity index (χ4n) is 0.525. The Labute approximate surface area is 53.3 Å². The van der Waals surface area contributed by atoms with Crippen molar-refractivity contribution in [2.75, 3.05) is 0 Å². The fraction of sp³-hybridized carbons (Fsp3) is 0.500. The number of aromatic nitrogens is 3. The van der Waals surface area contributed by atoms with Crippen LogP contribution in [0.4, 0.5) is 0 Å². The highest BCUT2D eigenvalue weighted by molar-refractivity contribution is 7.58. The van der Waals surface area contributed by atoms with E-state index in [0.29, 0.717) is 0 Å². The molecule has 0 saturated carbocycles. The molecule has 0 atom stereocenters. The van der Waals surface area contributed by atoms with Gasteiger partial charge in [0.1, 0.15) is 20.3 Å². The van der Waals surface area contributed by atoms with E-state index in [2.05, 4.69) is 5.21 Å². The lowest BCUT2D eigenvalue weighted by Crippen LogP contribution is -2.29. The topological polar surface area (TPSA) is 21.7 Å². The molecule has 4 heteroatoms. The van der Waals surface area contributed by atoms with Crippen molar-refractivity contribution in [2.24, 2.45) is 14.1 Å². The molecule has 1 aromatic rings. The Kier molecular flexibility index (Phi) is 1.17. The van der Waals surface area contributed by atoms with E-state index in [4.69, 9.17) is 12.6 Å². The third-order valence-corrected chi connectivity index (χ3v) is 1.26. The van der Waals surface area contributed by atoms with E-state index in [1.165, 1.54) is 0 Å². The van der Waals surface area contributed by atoms with Crippen LogP contribution in [0, 0.1) is 0 Å². The molecule has 3 nitrogen and oxygen atoms in total. The SMILES string of the molecule is Cn1n[n+](C)cc1[S-]. The van der Waals surface area contributed by atoms with Crippen LogP contribution in [0.1, 0.15) is 0 Å². The number of hydrogen-bond donors (Lipinski definition) is 0. The summed E-state index contributed by atoms with van der Waals surface area (Å²) >= 11 is 4.85. The van der Waals surface area contributed by atoms with Crippen LogP contribution in [0.25, 0.3) is 0 Å². The predicted molar refractivity (Wildman–Crippen MR) is 30.0 cm³/mol. The van der Waals surface area contributed by atoms with E-state index in [1.807, 2.05) is 14.1 Å². The summed E-state index contributed by atoms with van der Waals surface area (Å²) in [6.45, 7) is 0. The third kappa shape index (κ3) is 0.790. The minimum Gasteiger partial charge on any atom is -0.732 e. The third-order valence-electron chi connectivity index (χ3n) is 0.891. The van der Waals surface area contributed by atoms with E-state index in [9.17, 15) is 0 Å². The summed E-state index contributed by atoms with van der Waals surface area (Å²) in [6, 6.07) is 0. The van der Waals surface area contributed by atoms with Gasteiger partial charge in [0.05, 0.1) is 5.21 Å². The van der Waals surface area contributed by atoms with Crippen LogP contribution in [0.5, 0.6) is 0 Å². The van der Waals surface area contributed by atoms with E-state index in [1.54, 1.807) is 15.6 Å². The van der Waals surface area contributed by atoms with Crippen molar-refractivity contribution < 1.29 is 4.68 Å². The highest BCUT2D eigenvalue weighted by atomic mass is 32.1. The summed E-state index contributed by atoms with van der Waals surface area (Å²) in [5, 5.41) is 4.70. The normalized spacial score (nSPS) is 9.75. The Bertz CT molecular complexity index is 174. The van der Waals surface area contributed by atoms with Gasteiger partial charge in [-0.15, -0.1) is 4.68 Å². The van der Waals surface area contributed by atoms with Gasteiger partial charge < -0.3 is 12.6 Å². The van der Waals surface area contributed by atoms with Gasteiger partial charge in [0.25, 0.3) is 0 Å². The van der Waals surface area contributed by atoms with E-state index in [0.717, 1.165) is 5.03 Å². The van der Waals surface area contributed by atoms with Gasteiger partial charge in [-0.1, -0.05) is 0 Å². The van der Waals surface area contributed by atoms with Gasteiger partial charge in [-0.25, -0.2) is 0 Å². The smallest absolute Gasteiger partial charge is 0.134 e. The highest BCUT2D eigenvalue weighted by Gasteiger charge is 1.93. The van der Waals surface area contributed by atoms with Gasteiger partial charge in [0, 0.05) is 5.03 Å². The fourth-order valence-corrected chi connectivity index (χ4v) is 0.714. The summed E-state index contributed by atoms with van der Waals surface area (Å²) < 4.78 is 3.33. The molecule has 0 bridgehead atoms. The van der Waals surface area contributed by atoms with Crippen LogP contribution in [0.15, 0.2) is 11.2 Å². The van der Waals surface area contributed by atoms with Crippen LogP contribution in [0.2, 0.25) is 0 Å². The van der Waals surface area contributed by atoms with Gasteiger partial charge in [-0.2, -0.15) is 4.68 Å². The first-order valence-corrected chi connectivity index (χ1v) is 2.68. The van der Waals surface area contributed by atoms with Crippen molar-refractivity contribution in [1.82, 2.24) is 9.90 Å². The second-order valence-corrected chi connectivity index (χ2v) is 2.07. The van der Waals surface area contributed by atoms with Crippen molar-refractivity contribution >= 4 is 12.6 Å². The zero-order valence-corrected chi connectivity index (χ0v) is 5.64. The molecular weight excluding hydrogens is 122 g/mol. The zero-order valence-electron chi connectivity index (χ0n) is 4.83. The average Bonchev–Trinajstić information content (AvgIpc) is 1.85. The number of rotatable bonds is 0.